The molecule has 30 heavy (non-hydrogen) atoms. The lowest BCUT2D eigenvalue weighted by atomic mass is 9.85. The Morgan fingerprint density at radius 2 is 0.900 bits per heavy atom. The van der Waals surface area contributed by atoms with Crippen LogP contribution in [-0.2, 0) is 6.54 Å². The molecule has 0 fully saturated rings. The minimum absolute atomic E-state index is 0.554. The molecule has 0 aromatic heterocycles. The molecule has 1 nitrogen and oxygen atoms in total. The average molecular weight is 404 g/mol. The Hall–Kier alpha value is -3.58. The topological polar surface area (TPSA) is 12.4 Å². The van der Waals surface area contributed by atoms with E-state index in [-0.39, 0.29) is 0 Å². The molecule has 0 aliphatic carbocycles. The summed E-state index contributed by atoms with van der Waals surface area (Å²) < 4.78 is 0. The van der Waals surface area contributed by atoms with Gasteiger partial charge >= 0.3 is 0 Å². The summed E-state index contributed by atoms with van der Waals surface area (Å²) in [4.78, 5) is 4.06. The fourth-order valence-corrected chi connectivity index (χ4v) is 3.69. The maximum absolute atomic E-state index is 4.70. The van der Waals surface area contributed by atoms with Crippen LogP contribution in [0.25, 0.3) is 11.1 Å². The van der Waals surface area contributed by atoms with Crippen molar-refractivity contribution in [1.29, 1.82) is 0 Å². The van der Waals surface area contributed by atoms with Crippen molar-refractivity contribution < 1.29 is 0 Å². The summed E-state index contributed by atoms with van der Waals surface area (Å²) in [5.41, 5.74) is 8.27. The first-order valence-electron chi connectivity index (χ1n) is 9.90. The van der Waals surface area contributed by atoms with Gasteiger partial charge in [0.15, 0.2) is 0 Å². The van der Waals surface area contributed by atoms with Gasteiger partial charge in [-0.05, 0) is 51.2 Å². The first-order chi connectivity index (χ1) is 14.9. The fraction of sp³-hybridized carbons (Fsp3) is 0.0357. The molecule has 144 valence electrons. The summed E-state index contributed by atoms with van der Waals surface area (Å²) in [6, 6.07) is 40.3. The van der Waals surface area contributed by atoms with E-state index in [0.717, 1.165) is 5.56 Å². The van der Waals surface area contributed by atoms with E-state index in [0.29, 0.717) is 6.54 Å². The van der Waals surface area contributed by atoms with Crippen molar-refractivity contribution in [2.45, 2.75) is 6.54 Å². The maximum atomic E-state index is 4.70. The van der Waals surface area contributed by atoms with Gasteiger partial charge in [-0.15, -0.1) is 0 Å². The molecule has 0 aliphatic heterocycles. The summed E-state index contributed by atoms with van der Waals surface area (Å²) in [6.07, 6.45) is 0. The highest BCUT2D eigenvalue weighted by Crippen LogP contribution is 2.36. The van der Waals surface area contributed by atoms with Gasteiger partial charge in [0.1, 0.15) is 0 Å². The minimum atomic E-state index is 0.554. The van der Waals surface area contributed by atoms with Crippen molar-refractivity contribution >= 4 is 28.5 Å². The van der Waals surface area contributed by atoms with Gasteiger partial charge in [0.05, 0.1) is 11.7 Å². The number of aliphatic imine (C=N–C) groups is 1. The average Bonchev–Trinajstić information content (AvgIpc) is 2.83. The first kappa shape index (κ1) is 19.7. The van der Waals surface area contributed by atoms with Crippen LogP contribution < -0.4 is 0 Å². The Kier molecular flexibility index (Phi) is 6.41. The first-order valence-corrected chi connectivity index (χ1v) is 10.3. The molecular formula is C28H21NS. The smallest absolute Gasteiger partial charge is 0.0743 e. The van der Waals surface area contributed by atoms with Crippen molar-refractivity contribution in [2.24, 2.45) is 4.99 Å². The molecule has 4 aromatic carbocycles. The number of nitrogens with zero attached hydrogens (tertiary/aromatic N) is 1. The minimum Gasteiger partial charge on any atom is -0.228 e. The molecule has 2 heteroatoms. The van der Waals surface area contributed by atoms with Gasteiger partial charge in [0, 0.05) is 0 Å². The van der Waals surface area contributed by atoms with Gasteiger partial charge in [-0.3, -0.25) is 0 Å². The van der Waals surface area contributed by atoms with E-state index in [2.05, 4.69) is 125 Å². The van der Waals surface area contributed by atoms with Crippen molar-refractivity contribution in [3.8, 4) is 0 Å². The van der Waals surface area contributed by atoms with E-state index in [1.54, 1.807) is 0 Å². The Morgan fingerprint density at radius 1 is 0.533 bits per heavy atom. The SMILES string of the molecule is S=C=NCc1ccc(C(=C(c2ccccc2)c2ccccc2)c2ccccc2)cc1. The second-order valence-corrected chi connectivity index (χ2v) is 7.14. The van der Waals surface area contributed by atoms with E-state index >= 15 is 0 Å². The molecule has 0 radical (unpaired) electrons. The van der Waals surface area contributed by atoms with Gasteiger partial charge in [-0.2, -0.15) is 0 Å². The summed E-state index contributed by atoms with van der Waals surface area (Å²) in [6.45, 7) is 0.554. The van der Waals surface area contributed by atoms with Crippen LogP contribution in [0.15, 0.2) is 120 Å². The second kappa shape index (κ2) is 9.76. The van der Waals surface area contributed by atoms with Crippen molar-refractivity contribution in [2.75, 3.05) is 0 Å². The van der Waals surface area contributed by atoms with Gasteiger partial charge in [0.25, 0.3) is 0 Å². The van der Waals surface area contributed by atoms with Gasteiger partial charge in [-0.25, -0.2) is 4.99 Å². The Morgan fingerprint density at radius 3 is 1.27 bits per heavy atom. The molecule has 0 saturated heterocycles. The molecule has 4 aromatic rings. The van der Waals surface area contributed by atoms with Crippen LogP contribution in [0.1, 0.15) is 27.8 Å². The van der Waals surface area contributed by atoms with E-state index < -0.39 is 0 Å². The lowest BCUT2D eigenvalue weighted by Crippen LogP contribution is -1.97. The third-order valence-electron chi connectivity index (χ3n) is 5.01. The highest BCUT2D eigenvalue weighted by molar-refractivity contribution is 7.78. The van der Waals surface area contributed by atoms with Crippen LogP contribution in [-0.4, -0.2) is 5.16 Å². The van der Waals surface area contributed by atoms with E-state index in [9.17, 15) is 0 Å². The van der Waals surface area contributed by atoms with Crippen LogP contribution in [0.4, 0.5) is 0 Å². The standard InChI is InChI=1S/C28H21NS/c30-21-29-20-22-16-18-26(19-17-22)28(25-14-8-3-9-15-25)27(23-10-4-1-5-11-23)24-12-6-2-7-13-24/h1-19H,20H2. The van der Waals surface area contributed by atoms with Gasteiger partial charge < -0.3 is 0 Å². The second-order valence-electron chi connectivity index (χ2n) is 6.95. The van der Waals surface area contributed by atoms with Crippen LogP contribution in [0, 0.1) is 0 Å². The molecule has 0 aliphatic rings. The largest absolute Gasteiger partial charge is 0.228 e. The van der Waals surface area contributed by atoms with Crippen LogP contribution in [0.3, 0.4) is 0 Å². The molecule has 0 bridgehead atoms. The molecule has 0 spiro atoms. The highest BCUT2D eigenvalue weighted by atomic mass is 32.1. The normalized spacial score (nSPS) is 10.1. The zero-order valence-electron chi connectivity index (χ0n) is 16.5. The van der Waals surface area contributed by atoms with Crippen LogP contribution >= 0.6 is 12.2 Å². The molecule has 4 rings (SSSR count). The predicted molar refractivity (Wildman–Crippen MR) is 130 cm³/mol. The molecule has 0 amide bonds. The van der Waals surface area contributed by atoms with Gasteiger partial charge in [0.2, 0.25) is 0 Å². The summed E-state index contributed by atoms with van der Waals surface area (Å²) in [5.74, 6) is 0. The van der Waals surface area contributed by atoms with E-state index in [1.165, 1.54) is 33.4 Å². The molecule has 0 saturated carbocycles. The van der Waals surface area contributed by atoms with Crippen molar-refractivity contribution in [1.82, 2.24) is 0 Å². The molecule has 0 heterocycles. The zero-order valence-corrected chi connectivity index (χ0v) is 17.3. The molecular weight excluding hydrogens is 382 g/mol. The number of rotatable bonds is 6. The summed E-state index contributed by atoms with van der Waals surface area (Å²) in [5, 5.41) is 2.44. The lowest BCUT2D eigenvalue weighted by molar-refractivity contribution is 1.08. The molecule has 0 N–H and O–H groups in total. The third kappa shape index (κ3) is 4.52. The number of isothiocyanates is 1. The molecule has 0 atom stereocenters. The fourth-order valence-electron chi connectivity index (χ4n) is 3.63. The third-order valence-corrected chi connectivity index (χ3v) is 5.14. The van der Waals surface area contributed by atoms with Gasteiger partial charge in [-0.1, -0.05) is 115 Å². The quantitative estimate of drug-likeness (QED) is 0.187. The van der Waals surface area contributed by atoms with Crippen LogP contribution in [0.2, 0.25) is 0 Å². The van der Waals surface area contributed by atoms with Crippen LogP contribution in [0.5, 0.6) is 0 Å². The van der Waals surface area contributed by atoms with E-state index in [1.807, 2.05) is 0 Å². The Bertz CT molecular complexity index is 1130. The summed E-state index contributed by atoms with van der Waals surface area (Å²) in [7, 11) is 0. The monoisotopic (exact) mass is 403 g/mol. The van der Waals surface area contributed by atoms with Crippen molar-refractivity contribution in [3.63, 3.8) is 0 Å². The highest BCUT2D eigenvalue weighted by Gasteiger charge is 2.15. The van der Waals surface area contributed by atoms with Crippen molar-refractivity contribution in [3.05, 3.63) is 143 Å². The predicted octanol–water partition coefficient (Wildman–Crippen LogP) is 7.30. The Balaban J connectivity index is 1.99. The number of hydrogen-bond acceptors (Lipinski definition) is 2. The Labute approximate surface area is 183 Å². The molecule has 0 unspecified atom stereocenters. The lowest BCUT2D eigenvalue weighted by Gasteiger charge is -2.18. The number of benzene rings is 4. The summed E-state index contributed by atoms with van der Waals surface area (Å²) >= 11 is 4.70. The maximum Gasteiger partial charge on any atom is 0.0743 e. The van der Waals surface area contributed by atoms with E-state index in [4.69, 9.17) is 12.2 Å². The zero-order chi connectivity index (χ0) is 20.6. The number of thiocarbonyl (C=S) groups is 1. The number of hydrogen-bond donors (Lipinski definition) is 0.